The predicted octanol–water partition coefficient (Wildman–Crippen LogP) is 5.84. The van der Waals surface area contributed by atoms with E-state index in [1.165, 1.54) is 24.6 Å². The monoisotopic (exact) mass is 555 g/mol. The second-order valence-corrected chi connectivity index (χ2v) is 11.3. The molecule has 0 unspecified atom stereocenters. The summed E-state index contributed by atoms with van der Waals surface area (Å²) in [6.45, 7) is 3.49. The number of fused-ring (bicyclic) bond motifs is 1. The maximum absolute atomic E-state index is 13.1. The standard InChI is InChI=1S/C28H31F2N5O3S/c1-3-24(36)31-17-13-19(14-17)35-21-10-9-18(34(2)27(38)16-7-5-4-6-8-16)15-20(21)32-28(35)33-26(37)23-12-11-22(39-23)25(29)30/h3,9-12,15-17,19,25H,1,4-8,13-14H2,2H3,(H,31,36)(H,32,33,37). The number of alkyl halides is 2. The molecule has 0 spiro atoms. The van der Waals surface area contributed by atoms with E-state index in [1.807, 2.05) is 22.8 Å². The molecule has 2 heterocycles. The third-order valence-corrected chi connectivity index (χ3v) is 8.74. The molecular weight excluding hydrogens is 524 g/mol. The molecule has 2 N–H and O–H groups in total. The second-order valence-electron chi connectivity index (χ2n) is 10.2. The van der Waals surface area contributed by atoms with Crippen LogP contribution in [-0.2, 0) is 9.59 Å². The van der Waals surface area contributed by atoms with Gasteiger partial charge in [-0.05, 0) is 62.1 Å². The fraction of sp³-hybridized carbons (Fsp3) is 0.429. The molecule has 3 amide bonds. The smallest absolute Gasteiger partial charge is 0.272 e. The van der Waals surface area contributed by atoms with Crippen LogP contribution in [0.5, 0.6) is 0 Å². The van der Waals surface area contributed by atoms with Gasteiger partial charge in [0.1, 0.15) is 0 Å². The molecule has 2 aromatic heterocycles. The molecule has 3 aromatic rings. The highest BCUT2D eigenvalue weighted by Gasteiger charge is 2.34. The summed E-state index contributed by atoms with van der Waals surface area (Å²) in [7, 11) is 1.77. The van der Waals surface area contributed by atoms with Gasteiger partial charge in [-0.3, -0.25) is 19.7 Å². The van der Waals surface area contributed by atoms with E-state index in [1.54, 1.807) is 11.9 Å². The van der Waals surface area contributed by atoms with Crippen molar-refractivity contribution < 1.29 is 23.2 Å². The molecule has 0 saturated heterocycles. The first-order valence-corrected chi connectivity index (χ1v) is 14.0. The Hall–Kier alpha value is -3.60. The number of hydrogen-bond acceptors (Lipinski definition) is 5. The number of rotatable bonds is 8. The Labute approximate surface area is 229 Å². The van der Waals surface area contributed by atoms with E-state index in [2.05, 4.69) is 22.2 Å². The van der Waals surface area contributed by atoms with Gasteiger partial charge in [-0.2, -0.15) is 0 Å². The first-order valence-electron chi connectivity index (χ1n) is 13.2. The third-order valence-electron chi connectivity index (χ3n) is 7.65. The Morgan fingerprint density at radius 3 is 2.56 bits per heavy atom. The SMILES string of the molecule is C=CC(=O)NC1CC(n2c(NC(=O)c3ccc(C(F)F)s3)nc3cc(N(C)C(=O)C4CCCCC4)ccc32)C1. The van der Waals surface area contributed by atoms with Crippen molar-refractivity contribution in [1.29, 1.82) is 0 Å². The molecule has 206 valence electrons. The number of imidazole rings is 1. The second kappa shape index (κ2) is 11.3. The number of benzene rings is 1. The summed E-state index contributed by atoms with van der Waals surface area (Å²) in [6.07, 6.45) is 4.94. The molecule has 8 nitrogen and oxygen atoms in total. The minimum Gasteiger partial charge on any atom is -0.350 e. The molecule has 5 rings (SSSR count). The third kappa shape index (κ3) is 5.59. The number of amides is 3. The van der Waals surface area contributed by atoms with Crippen LogP contribution in [0, 0.1) is 5.92 Å². The average Bonchev–Trinajstić information content (AvgIpc) is 3.55. The molecule has 2 aliphatic rings. The Kier molecular flexibility index (Phi) is 7.79. The highest BCUT2D eigenvalue weighted by molar-refractivity contribution is 7.14. The van der Waals surface area contributed by atoms with Crippen LogP contribution in [0.1, 0.15) is 72.0 Å². The molecule has 0 radical (unpaired) electrons. The van der Waals surface area contributed by atoms with E-state index >= 15 is 0 Å². The molecule has 0 atom stereocenters. The van der Waals surface area contributed by atoms with E-state index in [-0.39, 0.29) is 39.6 Å². The van der Waals surface area contributed by atoms with Crippen LogP contribution in [0.25, 0.3) is 11.0 Å². The quantitative estimate of drug-likeness (QED) is 0.342. The molecule has 39 heavy (non-hydrogen) atoms. The van der Waals surface area contributed by atoms with Crippen molar-refractivity contribution in [2.45, 2.75) is 63.5 Å². The number of thiophene rings is 1. The van der Waals surface area contributed by atoms with Gasteiger partial charge >= 0.3 is 0 Å². The lowest BCUT2D eigenvalue weighted by Crippen LogP contribution is -2.44. The Balaban J connectivity index is 1.43. The molecule has 0 bridgehead atoms. The number of hydrogen-bond donors (Lipinski definition) is 2. The van der Waals surface area contributed by atoms with Gasteiger partial charge in [-0.15, -0.1) is 11.3 Å². The van der Waals surface area contributed by atoms with Crippen LogP contribution in [0.15, 0.2) is 43.0 Å². The molecule has 2 saturated carbocycles. The molecule has 11 heteroatoms. The highest BCUT2D eigenvalue weighted by atomic mass is 32.1. The van der Waals surface area contributed by atoms with Crippen molar-refractivity contribution in [3.05, 3.63) is 52.7 Å². The van der Waals surface area contributed by atoms with Crippen molar-refractivity contribution in [2.75, 3.05) is 17.3 Å². The fourth-order valence-electron chi connectivity index (χ4n) is 5.44. The number of aromatic nitrogens is 2. The number of nitrogens with zero attached hydrogens (tertiary/aromatic N) is 3. The predicted molar refractivity (Wildman–Crippen MR) is 147 cm³/mol. The lowest BCUT2D eigenvalue weighted by molar-refractivity contribution is -0.123. The lowest BCUT2D eigenvalue weighted by atomic mass is 9.86. The minimum atomic E-state index is -2.65. The summed E-state index contributed by atoms with van der Waals surface area (Å²) >= 11 is 0.742. The van der Waals surface area contributed by atoms with Crippen LogP contribution in [0.4, 0.5) is 20.4 Å². The van der Waals surface area contributed by atoms with Crippen LogP contribution >= 0.6 is 11.3 Å². The maximum atomic E-state index is 13.1. The molecule has 1 aromatic carbocycles. The van der Waals surface area contributed by atoms with Gasteiger partial charge in [-0.25, -0.2) is 13.8 Å². The number of halogens is 2. The maximum Gasteiger partial charge on any atom is 0.272 e. The Bertz CT molecular complexity index is 1410. The van der Waals surface area contributed by atoms with Crippen molar-refractivity contribution >= 4 is 51.7 Å². The normalized spacial score (nSPS) is 19.5. The van der Waals surface area contributed by atoms with Gasteiger partial charge in [0, 0.05) is 30.7 Å². The van der Waals surface area contributed by atoms with Crippen LogP contribution in [-0.4, -0.2) is 40.4 Å². The largest absolute Gasteiger partial charge is 0.350 e. The zero-order valence-corrected chi connectivity index (χ0v) is 22.5. The summed E-state index contributed by atoms with van der Waals surface area (Å²) < 4.78 is 28.0. The Morgan fingerprint density at radius 1 is 1.15 bits per heavy atom. The summed E-state index contributed by atoms with van der Waals surface area (Å²) in [5.74, 6) is -0.365. The lowest BCUT2D eigenvalue weighted by Gasteiger charge is -2.37. The van der Waals surface area contributed by atoms with Crippen LogP contribution in [0.2, 0.25) is 0 Å². The zero-order chi connectivity index (χ0) is 27.7. The van der Waals surface area contributed by atoms with Gasteiger partial charge in [0.25, 0.3) is 12.3 Å². The van der Waals surface area contributed by atoms with E-state index in [0.29, 0.717) is 30.0 Å². The van der Waals surface area contributed by atoms with Crippen molar-refractivity contribution in [3.8, 4) is 0 Å². The number of anilines is 2. The molecule has 0 aliphatic heterocycles. The number of nitrogens with one attached hydrogen (secondary N) is 2. The van der Waals surface area contributed by atoms with Crippen LogP contribution in [0.3, 0.4) is 0 Å². The van der Waals surface area contributed by atoms with E-state index in [9.17, 15) is 23.2 Å². The fourth-order valence-corrected chi connectivity index (χ4v) is 6.20. The summed E-state index contributed by atoms with van der Waals surface area (Å²) in [4.78, 5) is 44.2. The van der Waals surface area contributed by atoms with Gasteiger partial charge in [0.05, 0.1) is 20.8 Å². The van der Waals surface area contributed by atoms with E-state index < -0.39 is 12.3 Å². The summed E-state index contributed by atoms with van der Waals surface area (Å²) in [5, 5.41) is 5.68. The van der Waals surface area contributed by atoms with E-state index in [4.69, 9.17) is 0 Å². The average molecular weight is 556 g/mol. The molecule has 2 fully saturated rings. The van der Waals surface area contributed by atoms with Crippen molar-refractivity contribution in [2.24, 2.45) is 5.92 Å². The first-order chi connectivity index (χ1) is 18.7. The number of carbonyl (C=O) groups is 3. The van der Waals surface area contributed by atoms with Crippen molar-refractivity contribution in [1.82, 2.24) is 14.9 Å². The Morgan fingerprint density at radius 2 is 1.90 bits per heavy atom. The van der Waals surface area contributed by atoms with Crippen LogP contribution < -0.4 is 15.5 Å². The van der Waals surface area contributed by atoms with Gasteiger partial charge in [-0.1, -0.05) is 25.8 Å². The van der Waals surface area contributed by atoms with Crippen molar-refractivity contribution in [3.63, 3.8) is 0 Å². The molecular formula is C28H31F2N5O3S. The van der Waals surface area contributed by atoms with Gasteiger partial charge < -0.3 is 14.8 Å². The van der Waals surface area contributed by atoms with E-state index in [0.717, 1.165) is 42.5 Å². The van der Waals surface area contributed by atoms with Gasteiger partial charge in [0.2, 0.25) is 17.8 Å². The first kappa shape index (κ1) is 27.0. The number of carbonyl (C=O) groups excluding carboxylic acids is 3. The summed E-state index contributed by atoms with van der Waals surface area (Å²) in [5.41, 5.74) is 2.08. The summed E-state index contributed by atoms with van der Waals surface area (Å²) in [6, 6.07) is 8.13. The van der Waals surface area contributed by atoms with Gasteiger partial charge in [0.15, 0.2) is 0 Å². The topological polar surface area (TPSA) is 96.3 Å². The zero-order valence-electron chi connectivity index (χ0n) is 21.7. The highest BCUT2D eigenvalue weighted by Crippen LogP contribution is 2.39. The molecule has 2 aliphatic carbocycles. The minimum absolute atomic E-state index is 0.0217.